The maximum Gasteiger partial charge on any atom is 0.548 e. The number of hydrogen-bond donors (Lipinski definition) is 1. The highest BCUT2D eigenvalue weighted by atomic mass is 31.1. The van der Waals surface area contributed by atoms with Crippen LogP contribution in [0.15, 0.2) is 12.1 Å². The third kappa shape index (κ3) is 3.80. The van der Waals surface area contributed by atoms with Crippen molar-refractivity contribution in [2.24, 2.45) is 0 Å². The highest BCUT2D eigenvalue weighted by Gasteiger charge is 2.32. The molecular formula is C16H26O3P+. The van der Waals surface area contributed by atoms with Gasteiger partial charge in [-0.3, -0.25) is 0 Å². The summed E-state index contributed by atoms with van der Waals surface area (Å²) in [6.07, 6.45) is 0. The Morgan fingerprint density at radius 3 is 1.75 bits per heavy atom. The van der Waals surface area contributed by atoms with Crippen LogP contribution in [0.2, 0.25) is 0 Å². The smallest absolute Gasteiger partial charge is 0.507 e. The molecule has 0 amide bonds. The van der Waals surface area contributed by atoms with Gasteiger partial charge in [-0.1, -0.05) is 41.5 Å². The number of rotatable bonds is 3. The predicted octanol–water partition coefficient (Wildman–Crippen LogP) is 4.39. The first-order valence-corrected chi connectivity index (χ1v) is 8.14. The van der Waals surface area contributed by atoms with E-state index in [9.17, 15) is 9.67 Å². The zero-order valence-corrected chi connectivity index (χ0v) is 14.5. The predicted molar refractivity (Wildman–Crippen MR) is 84.4 cm³/mol. The Morgan fingerprint density at radius 2 is 1.45 bits per heavy atom. The van der Waals surface area contributed by atoms with Gasteiger partial charge in [-0.2, -0.15) is 0 Å². The number of phenols is 1. The molecule has 1 rings (SSSR count). The Balaban J connectivity index is 3.55. The van der Waals surface area contributed by atoms with E-state index in [2.05, 4.69) is 0 Å². The van der Waals surface area contributed by atoms with Gasteiger partial charge in [0.1, 0.15) is 12.4 Å². The largest absolute Gasteiger partial charge is 0.548 e. The molecule has 0 aromatic heterocycles. The van der Waals surface area contributed by atoms with Gasteiger partial charge in [0.05, 0.1) is 0 Å². The first-order valence-electron chi connectivity index (χ1n) is 6.96. The Labute approximate surface area is 123 Å². The van der Waals surface area contributed by atoms with Crippen LogP contribution in [0, 0.1) is 0 Å². The van der Waals surface area contributed by atoms with Crippen molar-refractivity contribution in [3.05, 3.63) is 23.3 Å². The van der Waals surface area contributed by atoms with Crippen molar-refractivity contribution in [2.75, 3.05) is 6.61 Å². The summed E-state index contributed by atoms with van der Waals surface area (Å²) in [5.41, 5.74) is 1.18. The fraction of sp³-hybridized carbons (Fsp3) is 0.625. The van der Waals surface area contributed by atoms with E-state index < -0.39 is 8.03 Å². The normalized spacial score (nSPS) is 13.4. The van der Waals surface area contributed by atoms with Crippen LogP contribution >= 0.6 is 8.03 Å². The third-order valence-electron chi connectivity index (χ3n) is 3.17. The van der Waals surface area contributed by atoms with E-state index in [0.29, 0.717) is 17.7 Å². The minimum atomic E-state index is -1.88. The summed E-state index contributed by atoms with van der Waals surface area (Å²) in [5.74, 6) is 0.300. The minimum Gasteiger partial charge on any atom is -0.507 e. The molecule has 1 aromatic rings. The Bertz CT molecular complexity index is 472. The fourth-order valence-corrected chi connectivity index (χ4v) is 2.91. The van der Waals surface area contributed by atoms with Crippen LogP contribution in [0.25, 0.3) is 0 Å². The van der Waals surface area contributed by atoms with Gasteiger partial charge in [0, 0.05) is 23.3 Å². The molecule has 112 valence electrons. The summed E-state index contributed by atoms with van der Waals surface area (Å²) in [6, 6.07) is 3.61. The van der Waals surface area contributed by atoms with Crippen LogP contribution in [0.4, 0.5) is 0 Å². The summed E-state index contributed by atoms with van der Waals surface area (Å²) in [7, 11) is -1.88. The van der Waals surface area contributed by atoms with Crippen LogP contribution in [-0.4, -0.2) is 11.7 Å². The first kappa shape index (κ1) is 17.1. The van der Waals surface area contributed by atoms with Gasteiger partial charge in [0.15, 0.2) is 0 Å². The van der Waals surface area contributed by atoms with E-state index in [4.69, 9.17) is 4.52 Å². The van der Waals surface area contributed by atoms with E-state index in [1.807, 2.05) is 48.5 Å². The van der Waals surface area contributed by atoms with Crippen LogP contribution < -0.4 is 5.30 Å². The maximum atomic E-state index is 12.2. The summed E-state index contributed by atoms with van der Waals surface area (Å²) < 4.78 is 17.4. The summed E-state index contributed by atoms with van der Waals surface area (Å²) in [6.45, 7) is 14.4. The van der Waals surface area contributed by atoms with Crippen molar-refractivity contribution >= 4 is 13.3 Å². The molecule has 0 spiro atoms. The van der Waals surface area contributed by atoms with Crippen LogP contribution in [0.3, 0.4) is 0 Å². The molecule has 1 unspecified atom stereocenters. The van der Waals surface area contributed by atoms with Gasteiger partial charge in [-0.15, -0.1) is 4.52 Å². The summed E-state index contributed by atoms with van der Waals surface area (Å²) in [5, 5.41) is 11.2. The zero-order valence-electron chi connectivity index (χ0n) is 13.6. The Kier molecular flexibility index (Phi) is 4.99. The second kappa shape index (κ2) is 5.83. The highest BCUT2D eigenvalue weighted by Crippen LogP contribution is 2.40. The minimum absolute atomic E-state index is 0.220. The van der Waals surface area contributed by atoms with Crippen molar-refractivity contribution in [2.45, 2.75) is 59.3 Å². The first-order chi connectivity index (χ1) is 8.98. The number of aromatic hydroxyl groups is 1. The SMILES string of the molecule is CCO[P+](=O)c1cc(C(C)(C)C)c(O)c(C(C)(C)C)c1. The average Bonchev–Trinajstić information content (AvgIpc) is 2.26. The molecule has 0 heterocycles. The van der Waals surface area contributed by atoms with Crippen molar-refractivity contribution < 1.29 is 14.2 Å². The average molecular weight is 297 g/mol. The maximum absolute atomic E-state index is 12.2. The molecule has 1 N–H and O–H groups in total. The van der Waals surface area contributed by atoms with Crippen molar-refractivity contribution in [3.8, 4) is 5.75 Å². The van der Waals surface area contributed by atoms with E-state index in [1.165, 1.54) is 0 Å². The monoisotopic (exact) mass is 297 g/mol. The molecular weight excluding hydrogens is 271 g/mol. The molecule has 1 aromatic carbocycles. The summed E-state index contributed by atoms with van der Waals surface area (Å²) in [4.78, 5) is 0. The number of benzene rings is 1. The molecule has 0 bridgehead atoms. The van der Waals surface area contributed by atoms with Gasteiger partial charge in [-0.05, 0) is 22.3 Å². The van der Waals surface area contributed by atoms with Gasteiger partial charge in [-0.25, -0.2) is 0 Å². The van der Waals surface area contributed by atoms with Crippen LogP contribution in [0.1, 0.15) is 59.6 Å². The zero-order chi connectivity index (χ0) is 15.7. The molecule has 0 saturated heterocycles. The molecule has 0 aliphatic heterocycles. The molecule has 1 atom stereocenters. The van der Waals surface area contributed by atoms with Gasteiger partial charge >= 0.3 is 8.03 Å². The molecule has 0 aliphatic rings. The molecule has 0 fully saturated rings. The van der Waals surface area contributed by atoms with Crippen LogP contribution in [-0.2, 0) is 19.9 Å². The van der Waals surface area contributed by atoms with E-state index in [0.717, 1.165) is 11.1 Å². The molecule has 3 nitrogen and oxygen atoms in total. The van der Waals surface area contributed by atoms with E-state index >= 15 is 0 Å². The number of hydrogen-bond acceptors (Lipinski definition) is 3. The fourth-order valence-electron chi connectivity index (χ4n) is 2.06. The standard InChI is InChI=1S/C16H25O3P/c1-8-19-20(18)11-9-12(15(2,3)4)14(17)13(10-11)16(5,6)7/h9-10H,8H2,1-7H3/p+1. The number of phenolic OH excluding ortho intramolecular Hbond substituents is 1. The summed E-state index contributed by atoms with van der Waals surface area (Å²) >= 11 is 0. The topological polar surface area (TPSA) is 46.5 Å². The van der Waals surface area contributed by atoms with Crippen LogP contribution in [0.5, 0.6) is 5.75 Å². The Morgan fingerprint density at radius 1 is 1.05 bits per heavy atom. The lowest BCUT2D eigenvalue weighted by molar-refractivity contribution is 0.357. The Hall–Kier alpha value is -0.920. The second-order valence-electron chi connectivity index (χ2n) is 7.06. The lowest BCUT2D eigenvalue weighted by Crippen LogP contribution is -2.20. The molecule has 0 saturated carbocycles. The van der Waals surface area contributed by atoms with Gasteiger partial charge in [0.2, 0.25) is 5.30 Å². The molecule has 0 radical (unpaired) electrons. The lowest BCUT2D eigenvalue weighted by Gasteiger charge is -2.26. The molecule has 0 aliphatic carbocycles. The van der Waals surface area contributed by atoms with E-state index in [-0.39, 0.29) is 10.8 Å². The quantitative estimate of drug-likeness (QED) is 0.842. The van der Waals surface area contributed by atoms with Crippen molar-refractivity contribution in [1.29, 1.82) is 0 Å². The molecule has 4 heteroatoms. The molecule has 20 heavy (non-hydrogen) atoms. The highest BCUT2D eigenvalue weighted by molar-refractivity contribution is 7.48. The van der Waals surface area contributed by atoms with Gasteiger partial charge < -0.3 is 5.11 Å². The third-order valence-corrected chi connectivity index (χ3v) is 4.34. The van der Waals surface area contributed by atoms with Gasteiger partial charge in [0.25, 0.3) is 0 Å². The second-order valence-corrected chi connectivity index (χ2v) is 8.35. The van der Waals surface area contributed by atoms with E-state index in [1.54, 1.807) is 12.1 Å². The lowest BCUT2D eigenvalue weighted by atomic mass is 9.79. The van der Waals surface area contributed by atoms with Crippen molar-refractivity contribution in [3.63, 3.8) is 0 Å². The van der Waals surface area contributed by atoms with Crippen molar-refractivity contribution in [1.82, 2.24) is 0 Å².